The highest BCUT2D eigenvalue weighted by molar-refractivity contribution is 5.18. The fraction of sp³-hybridized carbons (Fsp3) is 0.750. The van der Waals surface area contributed by atoms with Crippen LogP contribution in [0.25, 0.3) is 0 Å². The molecule has 0 saturated carbocycles. The Labute approximate surface area is 96.0 Å². The van der Waals surface area contributed by atoms with Crippen LogP contribution in [-0.4, -0.2) is 36.1 Å². The van der Waals surface area contributed by atoms with Crippen LogP contribution in [-0.2, 0) is 6.42 Å². The van der Waals surface area contributed by atoms with Crippen molar-refractivity contribution in [3.8, 4) is 0 Å². The lowest BCUT2D eigenvalue weighted by atomic mass is 9.95. The molecule has 2 aliphatic rings. The van der Waals surface area contributed by atoms with Gasteiger partial charge in [-0.1, -0.05) is 0 Å². The lowest BCUT2D eigenvalue weighted by Gasteiger charge is -2.35. The summed E-state index contributed by atoms with van der Waals surface area (Å²) in [6.07, 6.45) is 3.54. The highest BCUT2D eigenvalue weighted by Crippen LogP contribution is 2.34. The molecule has 1 aliphatic carbocycles. The smallest absolute Gasteiger partial charge is 0.191 e. The normalized spacial score (nSPS) is 26.7. The Bertz CT molecular complexity index is 368. The van der Waals surface area contributed by atoms with E-state index in [9.17, 15) is 0 Å². The second-order valence-corrected chi connectivity index (χ2v) is 4.74. The minimum atomic E-state index is 0.503. The van der Waals surface area contributed by atoms with Gasteiger partial charge in [-0.05, 0) is 12.8 Å². The number of oxazole rings is 1. The van der Waals surface area contributed by atoms with Gasteiger partial charge in [0.05, 0.1) is 11.7 Å². The first kappa shape index (κ1) is 10.3. The number of piperazine rings is 1. The number of hydrogen-bond acceptors (Lipinski definition) is 4. The van der Waals surface area contributed by atoms with Crippen molar-refractivity contribution in [1.29, 1.82) is 0 Å². The predicted octanol–water partition coefficient (Wildman–Crippen LogP) is 1.27. The second kappa shape index (κ2) is 4.18. The Morgan fingerprint density at radius 1 is 1.38 bits per heavy atom. The zero-order chi connectivity index (χ0) is 11.0. The minimum Gasteiger partial charge on any atom is -0.446 e. The maximum absolute atomic E-state index is 5.67. The topological polar surface area (TPSA) is 41.3 Å². The highest BCUT2D eigenvalue weighted by atomic mass is 16.4. The molecule has 1 fully saturated rings. The van der Waals surface area contributed by atoms with Crippen molar-refractivity contribution in [3.05, 3.63) is 17.3 Å². The molecule has 0 aromatic carbocycles. The van der Waals surface area contributed by atoms with E-state index in [0.717, 1.165) is 44.3 Å². The molecule has 1 saturated heterocycles. The first-order valence-electron chi connectivity index (χ1n) is 6.25. The van der Waals surface area contributed by atoms with Gasteiger partial charge < -0.3 is 9.73 Å². The Hall–Kier alpha value is -0.870. The molecule has 1 aliphatic heterocycles. The van der Waals surface area contributed by atoms with E-state index in [-0.39, 0.29) is 0 Å². The van der Waals surface area contributed by atoms with Crippen molar-refractivity contribution >= 4 is 0 Å². The van der Waals surface area contributed by atoms with Gasteiger partial charge in [0.2, 0.25) is 0 Å². The highest BCUT2D eigenvalue weighted by Gasteiger charge is 2.30. The number of nitrogens with zero attached hydrogens (tertiary/aromatic N) is 2. The maximum atomic E-state index is 5.67. The van der Waals surface area contributed by atoms with Crippen molar-refractivity contribution in [3.63, 3.8) is 0 Å². The molecule has 1 unspecified atom stereocenters. The summed E-state index contributed by atoms with van der Waals surface area (Å²) in [5, 5.41) is 3.40. The predicted molar refractivity (Wildman–Crippen MR) is 61.4 cm³/mol. The van der Waals surface area contributed by atoms with Crippen LogP contribution in [0.4, 0.5) is 0 Å². The molecule has 0 radical (unpaired) electrons. The van der Waals surface area contributed by atoms with Crippen molar-refractivity contribution in [2.45, 2.75) is 32.2 Å². The number of fused-ring (bicyclic) bond motifs is 1. The van der Waals surface area contributed by atoms with Gasteiger partial charge in [0, 0.05) is 39.5 Å². The Balaban J connectivity index is 1.85. The van der Waals surface area contributed by atoms with Gasteiger partial charge in [-0.3, -0.25) is 4.90 Å². The Kier molecular flexibility index (Phi) is 2.69. The van der Waals surface area contributed by atoms with Gasteiger partial charge >= 0.3 is 0 Å². The molecule has 0 spiro atoms. The Morgan fingerprint density at radius 3 is 3.00 bits per heavy atom. The van der Waals surface area contributed by atoms with E-state index in [2.05, 4.69) is 15.2 Å². The summed E-state index contributed by atoms with van der Waals surface area (Å²) in [6, 6.07) is 0.503. The number of aromatic nitrogens is 1. The standard InChI is InChI=1S/C12H19N3O/c1-9-14-12-10(3-2-4-11(12)16-9)15-7-5-13-6-8-15/h10,13H,2-8H2,1H3. The summed E-state index contributed by atoms with van der Waals surface area (Å²) in [6.45, 7) is 6.42. The third-order valence-electron chi connectivity index (χ3n) is 3.62. The van der Waals surface area contributed by atoms with E-state index in [0.29, 0.717) is 6.04 Å². The average molecular weight is 221 g/mol. The Morgan fingerprint density at radius 2 is 2.19 bits per heavy atom. The number of rotatable bonds is 1. The fourth-order valence-corrected chi connectivity index (χ4v) is 2.87. The van der Waals surface area contributed by atoms with Crippen LogP contribution in [0, 0.1) is 6.92 Å². The molecule has 1 aromatic heterocycles. The van der Waals surface area contributed by atoms with Gasteiger partial charge in [0.15, 0.2) is 5.89 Å². The van der Waals surface area contributed by atoms with Crippen LogP contribution in [0.2, 0.25) is 0 Å². The summed E-state index contributed by atoms with van der Waals surface area (Å²) >= 11 is 0. The number of aryl methyl sites for hydroxylation is 2. The molecular formula is C12H19N3O. The third kappa shape index (κ3) is 1.76. The van der Waals surface area contributed by atoms with Gasteiger partial charge in [-0.25, -0.2) is 4.98 Å². The molecule has 16 heavy (non-hydrogen) atoms. The zero-order valence-electron chi connectivity index (χ0n) is 9.83. The van der Waals surface area contributed by atoms with Gasteiger partial charge in [0.1, 0.15) is 5.76 Å². The average Bonchev–Trinajstić information content (AvgIpc) is 2.70. The van der Waals surface area contributed by atoms with Gasteiger partial charge in [0.25, 0.3) is 0 Å². The molecule has 4 heteroatoms. The summed E-state index contributed by atoms with van der Waals surface area (Å²) in [5.41, 5.74) is 1.21. The molecule has 4 nitrogen and oxygen atoms in total. The molecule has 88 valence electrons. The monoisotopic (exact) mass is 221 g/mol. The first-order valence-corrected chi connectivity index (χ1v) is 6.25. The summed E-state index contributed by atoms with van der Waals surface area (Å²) < 4.78 is 5.67. The molecular weight excluding hydrogens is 202 g/mol. The number of nitrogens with one attached hydrogen (secondary N) is 1. The summed E-state index contributed by atoms with van der Waals surface area (Å²) in [7, 11) is 0. The summed E-state index contributed by atoms with van der Waals surface area (Å²) in [5.74, 6) is 1.96. The second-order valence-electron chi connectivity index (χ2n) is 4.74. The van der Waals surface area contributed by atoms with Crippen LogP contribution >= 0.6 is 0 Å². The van der Waals surface area contributed by atoms with E-state index in [1.807, 2.05) is 6.92 Å². The fourth-order valence-electron chi connectivity index (χ4n) is 2.87. The van der Waals surface area contributed by atoms with Crippen LogP contribution in [0.5, 0.6) is 0 Å². The van der Waals surface area contributed by atoms with Crippen LogP contribution < -0.4 is 5.32 Å². The largest absolute Gasteiger partial charge is 0.446 e. The molecule has 1 atom stereocenters. The molecule has 0 bridgehead atoms. The molecule has 0 amide bonds. The zero-order valence-corrected chi connectivity index (χ0v) is 9.83. The SMILES string of the molecule is Cc1nc2c(o1)CCCC2N1CCNCC1. The molecule has 1 aromatic rings. The number of hydrogen-bond donors (Lipinski definition) is 1. The lowest BCUT2D eigenvalue weighted by Crippen LogP contribution is -2.45. The minimum absolute atomic E-state index is 0.503. The van der Waals surface area contributed by atoms with E-state index in [1.165, 1.54) is 18.5 Å². The van der Waals surface area contributed by atoms with E-state index in [4.69, 9.17) is 4.42 Å². The van der Waals surface area contributed by atoms with E-state index >= 15 is 0 Å². The van der Waals surface area contributed by atoms with Crippen molar-refractivity contribution in [1.82, 2.24) is 15.2 Å². The lowest BCUT2D eigenvalue weighted by molar-refractivity contribution is 0.152. The van der Waals surface area contributed by atoms with Crippen molar-refractivity contribution in [2.75, 3.05) is 26.2 Å². The molecule has 1 N–H and O–H groups in total. The summed E-state index contributed by atoms with van der Waals surface area (Å²) in [4.78, 5) is 7.13. The third-order valence-corrected chi connectivity index (χ3v) is 3.62. The van der Waals surface area contributed by atoms with E-state index < -0.39 is 0 Å². The van der Waals surface area contributed by atoms with Crippen LogP contribution in [0.1, 0.15) is 36.2 Å². The van der Waals surface area contributed by atoms with Gasteiger partial charge in [-0.15, -0.1) is 0 Å². The quantitative estimate of drug-likeness (QED) is 0.775. The van der Waals surface area contributed by atoms with Crippen molar-refractivity contribution in [2.24, 2.45) is 0 Å². The first-order chi connectivity index (χ1) is 7.84. The van der Waals surface area contributed by atoms with Crippen LogP contribution in [0.3, 0.4) is 0 Å². The van der Waals surface area contributed by atoms with Crippen LogP contribution in [0.15, 0.2) is 4.42 Å². The van der Waals surface area contributed by atoms with Gasteiger partial charge in [-0.2, -0.15) is 0 Å². The molecule has 2 heterocycles. The van der Waals surface area contributed by atoms with Crippen molar-refractivity contribution < 1.29 is 4.42 Å². The molecule has 3 rings (SSSR count). The maximum Gasteiger partial charge on any atom is 0.191 e. The van der Waals surface area contributed by atoms with E-state index in [1.54, 1.807) is 0 Å².